The first-order valence-electron chi connectivity index (χ1n) is 4.85. The van der Waals surface area contributed by atoms with Gasteiger partial charge in [-0.1, -0.05) is 0 Å². The second-order valence-electron chi connectivity index (χ2n) is 3.59. The first-order chi connectivity index (χ1) is 8.68. The minimum Gasteiger partial charge on any atom is -0.394 e. The maximum absolute atomic E-state index is 11.2. The summed E-state index contributed by atoms with van der Waals surface area (Å²) in [6.07, 6.45) is -8.72. The van der Waals surface area contributed by atoms with Crippen molar-refractivity contribution < 1.29 is 52.9 Å². The molecule has 0 bridgehead atoms. The molecule has 0 aromatic heterocycles. The van der Waals surface area contributed by atoms with Gasteiger partial charge in [0.05, 0.1) is 6.61 Å². The molecule has 0 amide bonds. The summed E-state index contributed by atoms with van der Waals surface area (Å²) in [4.78, 5) is 17.4. The lowest BCUT2D eigenvalue weighted by atomic mass is 10.00. The fourth-order valence-electron chi connectivity index (χ4n) is 1.39. The van der Waals surface area contributed by atoms with Gasteiger partial charge in [-0.25, -0.2) is 4.57 Å². The van der Waals surface area contributed by atoms with Crippen LogP contribution in [0.4, 0.5) is 0 Å². The van der Waals surface area contributed by atoms with E-state index in [1.165, 1.54) is 0 Å². The Morgan fingerprint density at radius 2 is 1.79 bits per heavy atom. The van der Waals surface area contributed by atoms with Gasteiger partial charge >= 0.3 is 16.1 Å². The van der Waals surface area contributed by atoms with Crippen LogP contribution in [0.25, 0.3) is 0 Å². The van der Waals surface area contributed by atoms with Crippen molar-refractivity contribution >= 4 is 16.1 Å². The first kappa shape index (κ1) is 17.0. The largest absolute Gasteiger partial charge is 0.705 e. The maximum atomic E-state index is 11.2. The summed E-state index contributed by atoms with van der Waals surface area (Å²) in [5.74, 6) is 0. The lowest BCUT2D eigenvalue weighted by Gasteiger charge is -2.39. The highest BCUT2D eigenvalue weighted by atomic mass is 31.2. The fourth-order valence-corrected chi connectivity index (χ4v) is 2.69. The van der Waals surface area contributed by atoms with Crippen LogP contribution in [0.15, 0.2) is 0 Å². The summed E-state index contributed by atoms with van der Waals surface area (Å²) >= 11 is 0. The second-order valence-corrected chi connectivity index (χ2v) is 5.87. The van der Waals surface area contributed by atoms with Gasteiger partial charge in [-0.05, 0) is 4.31 Å². The van der Waals surface area contributed by atoms with E-state index in [9.17, 15) is 24.4 Å². The number of phosphoric ester groups is 1. The van der Waals surface area contributed by atoms with E-state index >= 15 is 0 Å². The number of ether oxygens (including phenoxy) is 1. The average Bonchev–Trinajstić information content (AvgIpc) is 2.28. The van der Waals surface area contributed by atoms with Crippen molar-refractivity contribution in [2.45, 2.75) is 30.7 Å². The maximum Gasteiger partial charge on any atom is 0.705 e. The summed E-state index contributed by atoms with van der Waals surface area (Å²) in [5, 5.41) is 37.1. The molecule has 0 aliphatic carbocycles. The van der Waals surface area contributed by atoms with E-state index in [0.29, 0.717) is 0 Å². The molecule has 1 fully saturated rings. The van der Waals surface area contributed by atoms with Crippen LogP contribution in [0.1, 0.15) is 0 Å². The Hall–Kier alpha value is -0.0300. The standard InChI is InChI=1S/C6H12O11P2/c7-1-2-3(8)4(9)5(10)6(15-2)16-19(13,14)17-18(11)12/h2-10H,1H2,(H-,11,12,13,14)/p+1/t2-,3-,4+,5-,6+/m1/s1. The number of aliphatic hydroxyl groups excluding tert-OH is 4. The summed E-state index contributed by atoms with van der Waals surface area (Å²) in [7, 11) is -8.48. The van der Waals surface area contributed by atoms with Crippen molar-refractivity contribution in [1.29, 1.82) is 0 Å². The number of phosphoric acid groups is 1. The lowest BCUT2D eigenvalue weighted by molar-refractivity contribution is -0.280. The van der Waals surface area contributed by atoms with Gasteiger partial charge < -0.3 is 25.2 Å². The smallest absolute Gasteiger partial charge is 0.394 e. The van der Waals surface area contributed by atoms with Gasteiger partial charge in [0.15, 0.2) is 6.29 Å². The Morgan fingerprint density at radius 1 is 1.21 bits per heavy atom. The van der Waals surface area contributed by atoms with E-state index in [1.54, 1.807) is 0 Å². The molecule has 11 nitrogen and oxygen atoms in total. The molecule has 0 radical (unpaired) electrons. The number of aliphatic hydroxyl groups is 4. The van der Waals surface area contributed by atoms with E-state index < -0.39 is 53.4 Å². The monoisotopic (exact) mass is 323 g/mol. The first-order valence-corrected chi connectivity index (χ1v) is 7.48. The zero-order valence-electron chi connectivity index (χ0n) is 9.21. The van der Waals surface area contributed by atoms with Gasteiger partial charge in [-0.15, -0.1) is 4.89 Å². The highest BCUT2D eigenvalue weighted by molar-refractivity contribution is 7.55. The van der Waals surface area contributed by atoms with Crippen LogP contribution >= 0.6 is 16.1 Å². The van der Waals surface area contributed by atoms with E-state index in [-0.39, 0.29) is 0 Å². The highest BCUT2D eigenvalue weighted by Gasteiger charge is 2.48. The molecule has 0 aromatic carbocycles. The molecule has 19 heavy (non-hydrogen) atoms. The van der Waals surface area contributed by atoms with Crippen molar-refractivity contribution in [1.82, 2.24) is 0 Å². The molecule has 1 saturated heterocycles. The normalized spacial score (nSPS) is 39.7. The molecule has 0 spiro atoms. The van der Waals surface area contributed by atoms with E-state index in [2.05, 4.69) is 8.83 Å². The van der Waals surface area contributed by atoms with E-state index in [1.807, 2.05) is 0 Å². The topological polar surface area (TPSA) is 183 Å². The zero-order chi connectivity index (χ0) is 14.8. The molecule has 112 valence electrons. The summed E-state index contributed by atoms with van der Waals surface area (Å²) in [6.45, 7) is -0.768. The minimum atomic E-state index is -5.03. The van der Waals surface area contributed by atoms with Crippen LogP contribution in [-0.4, -0.2) is 67.5 Å². The van der Waals surface area contributed by atoms with Crippen LogP contribution in [0.5, 0.6) is 0 Å². The molecule has 1 rings (SSSR count). The van der Waals surface area contributed by atoms with Gasteiger partial charge in [0.25, 0.3) is 0 Å². The Balaban J connectivity index is 2.77. The molecule has 0 saturated carbocycles. The third-order valence-corrected chi connectivity index (χ3v) is 4.12. The third-order valence-electron chi connectivity index (χ3n) is 2.26. The minimum absolute atomic E-state index is 0.768. The van der Waals surface area contributed by atoms with Crippen molar-refractivity contribution in [2.24, 2.45) is 0 Å². The van der Waals surface area contributed by atoms with Crippen LogP contribution < -0.4 is 0 Å². The van der Waals surface area contributed by atoms with Crippen molar-refractivity contribution in [3.8, 4) is 0 Å². The molecule has 0 aromatic rings. The van der Waals surface area contributed by atoms with Gasteiger partial charge in [-0.3, -0.25) is 9.42 Å². The molecular weight excluding hydrogens is 310 g/mol. The van der Waals surface area contributed by atoms with Crippen LogP contribution in [0.3, 0.4) is 0 Å². The fraction of sp³-hybridized carbons (Fsp3) is 1.00. The number of hydrogen-bond donors (Lipinski definition) is 6. The predicted molar refractivity (Wildman–Crippen MR) is 55.6 cm³/mol. The van der Waals surface area contributed by atoms with Gasteiger partial charge in [-0.2, -0.15) is 0 Å². The number of hydrogen-bond acceptors (Lipinski definition) is 9. The van der Waals surface area contributed by atoms with Gasteiger partial charge in [0.1, 0.15) is 24.4 Å². The van der Waals surface area contributed by atoms with Gasteiger partial charge in [0, 0.05) is 4.57 Å². The highest BCUT2D eigenvalue weighted by Crippen LogP contribution is 2.52. The Kier molecular flexibility index (Phi) is 5.93. The summed E-state index contributed by atoms with van der Waals surface area (Å²) in [5.41, 5.74) is 0. The predicted octanol–water partition coefficient (Wildman–Crippen LogP) is -2.43. The average molecular weight is 323 g/mol. The molecule has 2 unspecified atom stereocenters. The molecule has 1 heterocycles. The van der Waals surface area contributed by atoms with Gasteiger partial charge in [0.2, 0.25) is 0 Å². The number of rotatable bonds is 5. The van der Waals surface area contributed by atoms with Crippen LogP contribution in [-0.2, 0) is 22.7 Å². The summed E-state index contributed by atoms with van der Waals surface area (Å²) in [6, 6.07) is 0. The quantitative estimate of drug-likeness (QED) is 0.296. The third kappa shape index (κ3) is 4.48. The molecule has 13 heteroatoms. The van der Waals surface area contributed by atoms with Crippen LogP contribution in [0.2, 0.25) is 0 Å². The van der Waals surface area contributed by atoms with Crippen molar-refractivity contribution in [2.75, 3.05) is 6.61 Å². The van der Waals surface area contributed by atoms with Crippen molar-refractivity contribution in [3.05, 3.63) is 0 Å². The lowest BCUT2D eigenvalue weighted by Crippen LogP contribution is -2.58. The van der Waals surface area contributed by atoms with Crippen LogP contribution in [0, 0.1) is 0 Å². The SMILES string of the molecule is O=[P+](O)OP(=O)(O)O[C@@H]1O[C@H](CO)[C@@H](O)[C@H](O)[C@H]1O. The molecule has 1 aliphatic heterocycles. The Bertz CT molecular complexity index is 372. The molecule has 7 atom stereocenters. The Morgan fingerprint density at radius 3 is 2.26 bits per heavy atom. The van der Waals surface area contributed by atoms with E-state index in [4.69, 9.17) is 19.6 Å². The molecular formula is C6H13O11P2+. The van der Waals surface area contributed by atoms with Crippen molar-refractivity contribution in [3.63, 3.8) is 0 Å². The second kappa shape index (κ2) is 6.61. The summed E-state index contributed by atoms with van der Waals surface area (Å²) < 4.78 is 34.1. The zero-order valence-corrected chi connectivity index (χ0v) is 11.0. The van der Waals surface area contributed by atoms with E-state index in [0.717, 1.165) is 0 Å². The molecule has 6 N–H and O–H groups in total. The molecule has 1 aliphatic rings. The Labute approximate surface area is 107 Å².